The molecular formula is C19H22N2O2S. The van der Waals surface area contributed by atoms with Gasteiger partial charge in [0.2, 0.25) is 10.0 Å². The predicted octanol–water partition coefficient (Wildman–Crippen LogP) is 4.17. The molecule has 3 aromatic rings. The van der Waals surface area contributed by atoms with Crippen molar-refractivity contribution in [1.82, 2.24) is 4.98 Å². The lowest BCUT2D eigenvalue weighted by molar-refractivity contribution is 0.607. The summed E-state index contributed by atoms with van der Waals surface area (Å²) in [6.07, 6.45) is 3.13. The van der Waals surface area contributed by atoms with Gasteiger partial charge in [-0.1, -0.05) is 55.8 Å². The van der Waals surface area contributed by atoms with Crippen LogP contribution in [0.1, 0.15) is 30.5 Å². The van der Waals surface area contributed by atoms with Gasteiger partial charge in [0.05, 0.1) is 17.5 Å². The number of fused-ring (bicyclic) bond motifs is 1. The van der Waals surface area contributed by atoms with Gasteiger partial charge in [-0.05, 0) is 24.1 Å². The third-order valence-electron chi connectivity index (χ3n) is 4.46. The summed E-state index contributed by atoms with van der Waals surface area (Å²) in [6.45, 7) is 6.43. The van der Waals surface area contributed by atoms with E-state index in [0.29, 0.717) is 5.69 Å². The molecule has 0 bridgehead atoms. The van der Waals surface area contributed by atoms with Gasteiger partial charge in [-0.2, -0.15) is 0 Å². The average Bonchev–Trinajstić information content (AvgIpc) is 2.92. The first-order chi connectivity index (χ1) is 11.2. The van der Waals surface area contributed by atoms with Gasteiger partial charge in [0.15, 0.2) is 0 Å². The molecule has 0 radical (unpaired) electrons. The highest BCUT2D eigenvalue weighted by atomic mass is 32.2. The van der Waals surface area contributed by atoms with Crippen LogP contribution in [-0.4, -0.2) is 19.7 Å². The molecule has 0 fully saturated rings. The number of benzene rings is 2. The molecule has 24 heavy (non-hydrogen) atoms. The molecule has 0 saturated heterocycles. The predicted molar refractivity (Wildman–Crippen MR) is 100 cm³/mol. The smallest absolute Gasteiger partial charge is 0.229 e. The summed E-state index contributed by atoms with van der Waals surface area (Å²) in [5.41, 5.74) is 4.76. The van der Waals surface area contributed by atoms with E-state index in [2.05, 4.69) is 54.7 Å². The first-order valence-electron chi connectivity index (χ1n) is 7.84. The van der Waals surface area contributed by atoms with Gasteiger partial charge < -0.3 is 4.98 Å². The Balaban J connectivity index is 2.14. The first-order valence-corrected chi connectivity index (χ1v) is 9.73. The fourth-order valence-corrected chi connectivity index (χ4v) is 3.65. The molecule has 0 atom stereocenters. The lowest BCUT2D eigenvalue weighted by Gasteiger charge is -2.25. The fraction of sp³-hybridized carbons (Fsp3) is 0.263. The van der Waals surface area contributed by atoms with Crippen LogP contribution in [0.3, 0.4) is 0 Å². The summed E-state index contributed by atoms with van der Waals surface area (Å²) in [6, 6.07) is 14.2. The number of H-pyrrole nitrogens is 1. The van der Waals surface area contributed by atoms with E-state index in [9.17, 15) is 8.42 Å². The maximum Gasteiger partial charge on any atom is 0.229 e. The van der Waals surface area contributed by atoms with Gasteiger partial charge in [-0.15, -0.1) is 0 Å². The molecule has 0 aliphatic rings. The molecular weight excluding hydrogens is 320 g/mol. The van der Waals surface area contributed by atoms with Crippen LogP contribution in [0.4, 0.5) is 5.69 Å². The molecule has 5 heteroatoms. The minimum absolute atomic E-state index is 0.199. The molecule has 1 aromatic heterocycles. The van der Waals surface area contributed by atoms with Crippen LogP contribution in [-0.2, 0) is 15.4 Å². The second kappa shape index (κ2) is 5.67. The largest absolute Gasteiger partial charge is 0.359 e. The van der Waals surface area contributed by atoms with E-state index in [1.165, 1.54) is 11.1 Å². The highest BCUT2D eigenvalue weighted by Gasteiger charge is 2.26. The summed E-state index contributed by atoms with van der Waals surface area (Å²) in [5, 5.41) is 1.02. The van der Waals surface area contributed by atoms with Crippen LogP contribution in [0.25, 0.3) is 10.9 Å². The maximum atomic E-state index is 11.6. The molecule has 126 valence electrons. The van der Waals surface area contributed by atoms with Gasteiger partial charge >= 0.3 is 0 Å². The molecule has 0 spiro atoms. The Labute approximate surface area is 143 Å². The molecule has 4 nitrogen and oxygen atoms in total. The lowest BCUT2D eigenvalue weighted by atomic mass is 9.78. The van der Waals surface area contributed by atoms with Crippen molar-refractivity contribution in [3.05, 3.63) is 65.4 Å². The van der Waals surface area contributed by atoms with E-state index in [1.54, 1.807) is 6.07 Å². The number of para-hydroxylation sites is 1. The van der Waals surface area contributed by atoms with Crippen molar-refractivity contribution in [2.75, 3.05) is 11.0 Å². The third kappa shape index (κ3) is 3.04. The maximum absolute atomic E-state index is 11.6. The van der Waals surface area contributed by atoms with Crippen LogP contribution in [0, 0.1) is 6.92 Å². The number of hydrogen-bond donors (Lipinski definition) is 2. The highest BCUT2D eigenvalue weighted by Crippen LogP contribution is 2.38. The molecule has 0 aliphatic heterocycles. The Bertz CT molecular complexity index is 984. The summed E-state index contributed by atoms with van der Waals surface area (Å²) in [7, 11) is -3.32. The standard InChI is InChI=1S/C19H22N2O2S/c1-13-8-10-14(11-9-13)19(2,3)16-12-20-18-15(16)6-5-7-17(18)21-24(4,22)23/h5-12,20-21H,1-4H3. The summed E-state index contributed by atoms with van der Waals surface area (Å²) in [5.74, 6) is 0. The Morgan fingerprint density at radius 1 is 1.04 bits per heavy atom. The molecule has 0 amide bonds. The van der Waals surface area contributed by atoms with Crippen molar-refractivity contribution >= 4 is 26.6 Å². The topological polar surface area (TPSA) is 62.0 Å². The third-order valence-corrected chi connectivity index (χ3v) is 5.05. The molecule has 0 saturated carbocycles. The van der Waals surface area contributed by atoms with Crippen LogP contribution in [0.2, 0.25) is 0 Å². The van der Waals surface area contributed by atoms with Crippen LogP contribution in [0.5, 0.6) is 0 Å². The van der Waals surface area contributed by atoms with Gasteiger partial charge in [0.25, 0.3) is 0 Å². The van der Waals surface area contributed by atoms with Crippen LogP contribution >= 0.6 is 0 Å². The monoisotopic (exact) mass is 342 g/mol. The van der Waals surface area contributed by atoms with E-state index in [0.717, 1.165) is 22.7 Å². The van der Waals surface area contributed by atoms with E-state index < -0.39 is 10.0 Å². The van der Waals surface area contributed by atoms with Crippen LogP contribution in [0.15, 0.2) is 48.7 Å². The Hall–Kier alpha value is -2.27. The zero-order chi connectivity index (χ0) is 17.5. The molecule has 1 heterocycles. The quantitative estimate of drug-likeness (QED) is 0.747. The zero-order valence-corrected chi connectivity index (χ0v) is 15.2. The number of anilines is 1. The van der Waals surface area contributed by atoms with Crippen molar-refractivity contribution in [2.45, 2.75) is 26.2 Å². The minimum Gasteiger partial charge on any atom is -0.359 e. The average molecular weight is 342 g/mol. The Kier molecular flexibility index (Phi) is 3.92. The van der Waals surface area contributed by atoms with E-state index >= 15 is 0 Å². The molecule has 2 N–H and O–H groups in total. The lowest BCUT2D eigenvalue weighted by Crippen LogP contribution is -2.18. The number of aromatic nitrogens is 1. The molecule has 0 aliphatic carbocycles. The van der Waals surface area contributed by atoms with Gasteiger partial charge in [-0.3, -0.25) is 4.72 Å². The van der Waals surface area contributed by atoms with E-state index in [4.69, 9.17) is 0 Å². The molecule has 3 rings (SSSR count). The number of aromatic amines is 1. The van der Waals surface area contributed by atoms with Crippen molar-refractivity contribution in [3.63, 3.8) is 0 Å². The number of rotatable bonds is 4. The van der Waals surface area contributed by atoms with Crippen molar-refractivity contribution in [3.8, 4) is 0 Å². The van der Waals surface area contributed by atoms with Crippen molar-refractivity contribution < 1.29 is 8.42 Å². The van der Waals surface area contributed by atoms with Crippen molar-refractivity contribution in [2.24, 2.45) is 0 Å². The summed E-state index contributed by atoms with van der Waals surface area (Å²) >= 11 is 0. The highest BCUT2D eigenvalue weighted by molar-refractivity contribution is 7.92. The molecule has 0 unspecified atom stereocenters. The number of nitrogens with one attached hydrogen (secondary N) is 2. The van der Waals surface area contributed by atoms with Crippen molar-refractivity contribution in [1.29, 1.82) is 0 Å². The van der Waals surface area contributed by atoms with E-state index in [1.807, 2.05) is 18.3 Å². The summed E-state index contributed by atoms with van der Waals surface area (Å²) < 4.78 is 25.7. The van der Waals surface area contributed by atoms with Gasteiger partial charge in [0.1, 0.15) is 0 Å². The Morgan fingerprint density at radius 3 is 2.33 bits per heavy atom. The first kappa shape index (κ1) is 16.6. The zero-order valence-electron chi connectivity index (χ0n) is 14.3. The number of hydrogen-bond acceptors (Lipinski definition) is 2. The minimum atomic E-state index is -3.32. The van der Waals surface area contributed by atoms with Crippen LogP contribution < -0.4 is 4.72 Å². The fourth-order valence-electron chi connectivity index (χ4n) is 3.08. The second-order valence-corrected chi connectivity index (χ2v) is 8.54. The van der Waals surface area contributed by atoms with Gasteiger partial charge in [-0.25, -0.2) is 8.42 Å². The van der Waals surface area contributed by atoms with E-state index in [-0.39, 0.29) is 5.41 Å². The Morgan fingerprint density at radius 2 is 1.71 bits per heavy atom. The SMILES string of the molecule is Cc1ccc(C(C)(C)c2c[nH]c3c(NS(C)(=O)=O)cccc23)cc1. The summed E-state index contributed by atoms with van der Waals surface area (Å²) in [4.78, 5) is 3.24. The van der Waals surface area contributed by atoms with Gasteiger partial charge in [0, 0.05) is 17.0 Å². The number of aryl methyl sites for hydroxylation is 1. The number of sulfonamides is 1. The molecule has 2 aromatic carbocycles. The normalized spacial score (nSPS) is 12.5. The second-order valence-electron chi connectivity index (χ2n) is 6.80.